The largest absolute Gasteiger partial charge is 0.446 e. The fourth-order valence-corrected chi connectivity index (χ4v) is 2.73. The molecule has 2 nitrogen and oxygen atoms in total. The molecule has 18 heavy (non-hydrogen) atoms. The van der Waals surface area contributed by atoms with Gasteiger partial charge in [-0.1, -0.05) is 12.1 Å². The van der Waals surface area contributed by atoms with Crippen LogP contribution >= 0.6 is 11.8 Å². The van der Waals surface area contributed by atoms with Gasteiger partial charge in [0.15, 0.2) is 0 Å². The molecule has 2 rings (SSSR count). The second-order valence-electron chi connectivity index (χ2n) is 4.60. The van der Waals surface area contributed by atoms with Gasteiger partial charge in [0.05, 0.1) is 6.61 Å². The minimum atomic E-state index is -4.26. The van der Waals surface area contributed by atoms with Gasteiger partial charge < -0.3 is 10.8 Å². The van der Waals surface area contributed by atoms with E-state index in [1.165, 1.54) is 12.1 Å². The lowest BCUT2D eigenvalue weighted by Gasteiger charge is -2.11. The summed E-state index contributed by atoms with van der Waals surface area (Å²) in [6.45, 7) is 0.417. The van der Waals surface area contributed by atoms with E-state index in [4.69, 9.17) is 5.73 Å². The topological polar surface area (TPSA) is 46.2 Å². The molecular weight excluding hydrogens is 263 g/mol. The van der Waals surface area contributed by atoms with Gasteiger partial charge in [-0.15, -0.1) is 0 Å². The van der Waals surface area contributed by atoms with E-state index in [1.807, 2.05) is 0 Å². The summed E-state index contributed by atoms with van der Waals surface area (Å²) >= 11 is -0.121. The molecule has 2 unspecified atom stereocenters. The highest BCUT2D eigenvalue weighted by molar-refractivity contribution is 8.00. The molecule has 0 bridgehead atoms. The second-order valence-corrected chi connectivity index (χ2v) is 5.74. The van der Waals surface area contributed by atoms with Crippen molar-refractivity contribution in [2.24, 2.45) is 11.1 Å². The molecule has 0 aliphatic heterocycles. The van der Waals surface area contributed by atoms with E-state index in [0.29, 0.717) is 6.54 Å². The minimum absolute atomic E-state index is 0.0211. The van der Waals surface area contributed by atoms with Crippen molar-refractivity contribution >= 4 is 11.8 Å². The van der Waals surface area contributed by atoms with Gasteiger partial charge in [0.25, 0.3) is 0 Å². The van der Waals surface area contributed by atoms with Crippen LogP contribution in [-0.2, 0) is 0 Å². The third-order valence-corrected chi connectivity index (χ3v) is 4.17. The van der Waals surface area contributed by atoms with Crippen molar-refractivity contribution in [1.82, 2.24) is 0 Å². The molecule has 1 saturated carbocycles. The SMILES string of the molecule is NCC1(CO)CC1c1ccc(SC(F)(F)F)cc1. The van der Waals surface area contributed by atoms with E-state index >= 15 is 0 Å². The average Bonchev–Trinajstić information content (AvgIpc) is 3.03. The Labute approximate surface area is 107 Å². The maximum atomic E-state index is 12.2. The van der Waals surface area contributed by atoms with E-state index in [9.17, 15) is 18.3 Å². The summed E-state index contributed by atoms with van der Waals surface area (Å²) in [5.74, 6) is 0.164. The smallest absolute Gasteiger partial charge is 0.396 e. The lowest BCUT2D eigenvalue weighted by Crippen LogP contribution is -2.21. The van der Waals surface area contributed by atoms with Crippen molar-refractivity contribution in [3.63, 3.8) is 0 Å². The molecular formula is C12H14F3NOS. The molecule has 3 N–H and O–H groups in total. The van der Waals surface area contributed by atoms with Crippen LogP contribution in [0.2, 0.25) is 0 Å². The van der Waals surface area contributed by atoms with Gasteiger partial charge in [-0.3, -0.25) is 0 Å². The van der Waals surface area contributed by atoms with Gasteiger partial charge in [-0.05, 0) is 41.8 Å². The van der Waals surface area contributed by atoms with Crippen LogP contribution in [0.25, 0.3) is 0 Å². The normalized spacial score (nSPS) is 27.3. The van der Waals surface area contributed by atoms with Crippen LogP contribution in [0.5, 0.6) is 0 Å². The van der Waals surface area contributed by atoms with Crippen LogP contribution in [0.1, 0.15) is 17.9 Å². The Morgan fingerprint density at radius 3 is 2.33 bits per heavy atom. The Morgan fingerprint density at radius 2 is 1.94 bits per heavy atom. The second kappa shape index (κ2) is 4.75. The third-order valence-electron chi connectivity index (χ3n) is 3.43. The van der Waals surface area contributed by atoms with Gasteiger partial charge in [-0.25, -0.2) is 0 Å². The number of hydrogen-bond acceptors (Lipinski definition) is 3. The maximum absolute atomic E-state index is 12.2. The Kier molecular flexibility index (Phi) is 3.62. The number of thioether (sulfide) groups is 1. The van der Waals surface area contributed by atoms with Crippen molar-refractivity contribution in [2.75, 3.05) is 13.2 Å². The number of alkyl halides is 3. The summed E-state index contributed by atoms with van der Waals surface area (Å²) in [7, 11) is 0. The average molecular weight is 277 g/mol. The molecule has 1 fully saturated rings. The summed E-state index contributed by atoms with van der Waals surface area (Å²) in [6, 6.07) is 6.30. The molecule has 0 aromatic heterocycles. The summed E-state index contributed by atoms with van der Waals surface area (Å²) in [5.41, 5.74) is 2.03. The zero-order valence-electron chi connectivity index (χ0n) is 9.57. The van der Waals surface area contributed by atoms with Crippen LogP contribution in [0.15, 0.2) is 29.2 Å². The fourth-order valence-electron chi connectivity index (χ4n) is 2.19. The van der Waals surface area contributed by atoms with Gasteiger partial charge in [0, 0.05) is 16.9 Å². The van der Waals surface area contributed by atoms with Crippen molar-refractivity contribution in [2.45, 2.75) is 22.7 Å². The number of aliphatic hydroxyl groups excluding tert-OH is 1. The van der Waals surface area contributed by atoms with E-state index in [1.54, 1.807) is 12.1 Å². The molecule has 0 amide bonds. The van der Waals surface area contributed by atoms with Crippen LogP contribution in [0, 0.1) is 5.41 Å². The number of benzene rings is 1. The molecule has 1 aliphatic carbocycles. The Hall–Kier alpha value is -0.720. The Bertz CT molecular complexity index is 414. The van der Waals surface area contributed by atoms with Crippen LogP contribution < -0.4 is 5.73 Å². The van der Waals surface area contributed by atoms with Crippen LogP contribution in [0.4, 0.5) is 13.2 Å². The number of hydrogen-bond donors (Lipinski definition) is 2. The number of aliphatic hydroxyl groups is 1. The van der Waals surface area contributed by atoms with Crippen LogP contribution in [-0.4, -0.2) is 23.8 Å². The number of nitrogens with two attached hydrogens (primary N) is 1. The van der Waals surface area contributed by atoms with Gasteiger partial charge in [0.1, 0.15) is 0 Å². The zero-order chi connectivity index (χ0) is 13.4. The first kappa shape index (κ1) is 13.7. The van der Waals surface area contributed by atoms with Gasteiger partial charge in [0.2, 0.25) is 0 Å². The molecule has 1 aromatic rings. The summed E-state index contributed by atoms with van der Waals surface area (Å²) in [5, 5.41) is 9.26. The first-order valence-corrected chi connectivity index (χ1v) is 6.38. The maximum Gasteiger partial charge on any atom is 0.446 e. The van der Waals surface area contributed by atoms with E-state index in [2.05, 4.69) is 0 Å². The monoisotopic (exact) mass is 277 g/mol. The Balaban J connectivity index is 2.06. The van der Waals surface area contributed by atoms with Crippen molar-refractivity contribution < 1.29 is 18.3 Å². The predicted molar refractivity (Wildman–Crippen MR) is 64.3 cm³/mol. The lowest BCUT2D eigenvalue weighted by molar-refractivity contribution is -0.0328. The molecule has 6 heteroatoms. The molecule has 1 aromatic carbocycles. The minimum Gasteiger partial charge on any atom is -0.396 e. The molecule has 0 heterocycles. The number of rotatable bonds is 4. The van der Waals surface area contributed by atoms with Gasteiger partial charge in [-0.2, -0.15) is 13.2 Å². The predicted octanol–water partition coefficient (Wildman–Crippen LogP) is 2.72. The third kappa shape index (κ3) is 2.81. The standard InChI is InChI=1S/C12H14F3NOS/c13-12(14,15)18-9-3-1-8(2-4-9)10-5-11(10,6-16)7-17/h1-4,10,17H,5-7,16H2. The zero-order valence-corrected chi connectivity index (χ0v) is 10.4. The van der Waals surface area contributed by atoms with Crippen LogP contribution in [0.3, 0.4) is 0 Å². The first-order chi connectivity index (χ1) is 8.40. The quantitative estimate of drug-likeness (QED) is 0.832. The van der Waals surface area contributed by atoms with Crippen molar-refractivity contribution in [3.05, 3.63) is 29.8 Å². The summed E-state index contributed by atoms with van der Waals surface area (Å²) in [6.07, 6.45) is 0.797. The fraction of sp³-hybridized carbons (Fsp3) is 0.500. The Morgan fingerprint density at radius 1 is 1.33 bits per heavy atom. The lowest BCUT2D eigenvalue weighted by atomic mass is 10.0. The highest BCUT2D eigenvalue weighted by Gasteiger charge is 2.53. The number of halogens is 3. The highest BCUT2D eigenvalue weighted by Crippen LogP contribution is 2.58. The molecule has 2 atom stereocenters. The van der Waals surface area contributed by atoms with E-state index in [-0.39, 0.29) is 34.6 Å². The first-order valence-electron chi connectivity index (χ1n) is 5.57. The summed E-state index contributed by atoms with van der Waals surface area (Å²) in [4.78, 5) is 0.175. The van der Waals surface area contributed by atoms with Gasteiger partial charge >= 0.3 is 5.51 Å². The van der Waals surface area contributed by atoms with E-state index in [0.717, 1.165) is 12.0 Å². The van der Waals surface area contributed by atoms with E-state index < -0.39 is 5.51 Å². The highest BCUT2D eigenvalue weighted by atomic mass is 32.2. The molecule has 0 spiro atoms. The molecule has 0 saturated heterocycles. The van der Waals surface area contributed by atoms with Crippen molar-refractivity contribution in [1.29, 1.82) is 0 Å². The molecule has 100 valence electrons. The molecule has 0 radical (unpaired) electrons. The summed E-state index contributed by atoms with van der Waals surface area (Å²) < 4.78 is 36.5. The van der Waals surface area contributed by atoms with Crippen molar-refractivity contribution in [3.8, 4) is 0 Å². The molecule has 1 aliphatic rings.